The van der Waals surface area contributed by atoms with Gasteiger partial charge in [0.1, 0.15) is 5.65 Å². The molecule has 0 radical (unpaired) electrons. The van der Waals surface area contributed by atoms with E-state index in [-0.39, 0.29) is 30.6 Å². The third-order valence-electron chi connectivity index (χ3n) is 5.36. The van der Waals surface area contributed by atoms with Crippen LogP contribution in [-0.4, -0.2) is 29.4 Å². The van der Waals surface area contributed by atoms with Crippen molar-refractivity contribution >= 4 is 34.2 Å². The molecule has 2 N–H and O–H groups in total. The molecule has 4 heterocycles. The van der Waals surface area contributed by atoms with E-state index in [1.165, 1.54) is 0 Å². The lowest BCUT2D eigenvalue weighted by Gasteiger charge is -2.05. The zero-order valence-corrected chi connectivity index (χ0v) is 16.3. The summed E-state index contributed by atoms with van der Waals surface area (Å²) in [7, 11) is 0. The number of imidazole rings is 2. The molecule has 0 saturated heterocycles. The number of hydrogen-bond donors (Lipinski definition) is 1. The van der Waals surface area contributed by atoms with Gasteiger partial charge in [-0.3, -0.25) is 18.9 Å². The van der Waals surface area contributed by atoms with E-state index in [1.54, 1.807) is 29.1 Å². The third-order valence-corrected chi connectivity index (χ3v) is 5.60. The first-order valence-electron chi connectivity index (χ1n) is 9.51. The van der Waals surface area contributed by atoms with Crippen LogP contribution in [0.1, 0.15) is 36.7 Å². The molecule has 5 rings (SSSR count). The van der Waals surface area contributed by atoms with Gasteiger partial charge in [-0.2, -0.15) is 0 Å². The fourth-order valence-electron chi connectivity index (χ4n) is 3.87. The predicted molar refractivity (Wildman–Crippen MR) is 109 cm³/mol. The van der Waals surface area contributed by atoms with E-state index in [9.17, 15) is 9.59 Å². The van der Waals surface area contributed by atoms with Gasteiger partial charge < -0.3 is 10.1 Å². The van der Waals surface area contributed by atoms with Gasteiger partial charge in [0.05, 0.1) is 29.5 Å². The summed E-state index contributed by atoms with van der Waals surface area (Å²) < 4.78 is 5.46. The lowest BCUT2D eigenvalue weighted by atomic mass is 10.2. The van der Waals surface area contributed by atoms with Gasteiger partial charge >= 0.3 is 5.69 Å². The molecule has 1 fully saturated rings. The SMILES string of the molecule is NC(=O)CCc1c(Cn2c(=O)n(C3CC3)c3ccncc32)nc2cc(Cl)ccn12. The molecule has 1 aliphatic carbocycles. The third kappa shape index (κ3) is 3.09. The number of aryl methyl sites for hydroxylation is 1. The minimum absolute atomic E-state index is 0.0635. The Kier molecular flexibility index (Phi) is 4.16. The minimum Gasteiger partial charge on any atom is -0.370 e. The topological polar surface area (TPSA) is 100 Å². The first-order chi connectivity index (χ1) is 14.0. The number of carbonyl (C=O) groups is 1. The number of nitrogens with zero attached hydrogens (tertiary/aromatic N) is 5. The second-order valence-electron chi connectivity index (χ2n) is 7.38. The standard InChI is InChI=1S/C20H19ClN6O2/c21-12-6-8-25-15(3-4-18(22)28)14(24-19(25)9-12)11-26-17-10-23-7-5-16(17)27(20(26)29)13-1-2-13/h5-10,13H,1-4,11H2,(H2,22,28). The zero-order valence-electron chi connectivity index (χ0n) is 15.6. The van der Waals surface area contributed by atoms with Gasteiger partial charge in [0.2, 0.25) is 5.91 Å². The lowest BCUT2D eigenvalue weighted by Crippen LogP contribution is -2.24. The Bertz CT molecular complexity index is 1310. The Morgan fingerprint density at radius 3 is 2.86 bits per heavy atom. The molecule has 148 valence electrons. The van der Waals surface area contributed by atoms with Crippen LogP contribution < -0.4 is 11.4 Å². The van der Waals surface area contributed by atoms with Crippen LogP contribution in [0, 0.1) is 0 Å². The molecule has 0 spiro atoms. The fraction of sp³-hybridized carbons (Fsp3) is 0.300. The molecule has 29 heavy (non-hydrogen) atoms. The summed E-state index contributed by atoms with van der Waals surface area (Å²) >= 11 is 6.12. The summed E-state index contributed by atoms with van der Waals surface area (Å²) in [4.78, 5) is 33.5. The average Bonchev–Trinajstić information content (AvgIpc) is 3.41. The summed E-state index contributed by atoms with van der Waals surface area (Å²) in [5.74, 6) is -0.383. The van der Waals surface area contributed by atoms with Crippen molar-refractivity contribution in [3.63, 3.8) is 0 Å². The molecule has 4 aromatic heterocycles. The van der Waals surface area contributed by atoms with E-state index in [0.29, 0.717) is 22.8 Å². The molecule has 0 aromatic carbocycles. The Labute approximate surface area is 170 Å². The number of amides is 1. The van der Waals surface area contributed by atoms with Gasteiger partial charge in [-0.15, -0.1) is 0 Å². The number of aromatic nitrogens is 5. The molecular formula is C20H19ClN6O2. The quantitative estimate of drug-likeness (QED) is 0.527. The van der Waals surface area contributed by atoms with E-state index in [4.69, 9.17) is 22.3 Å². The summed E-state index contributed by atoms with van der Waals surface area (Å²) in [6, 6.07) is 5.66. The van der Waals surface area contributed by atoms with E-state index in [2.05, 4.69) is 4.98 Å². The van der Waals surface area contributed by atoms with Crippen molar-refractivity contribution < 1.29 is 4.79 Å². The van der Waals surface area contributed by atoms with Gasteiger partial charge in [0, 0.05) is 41.6 Å². The predicted octanol–water partition coefficient (Wildman–Crippen LogP) is 2.30. The Balaban J connectivity index is 1.65. The first kappa shape index (κ1) is 17.9. The largest absolute Gasteiger partial charge is 0.370 e. The second-order valence-corrected chi connectivity index (χ2v) is 7.82. The fourth-order valence-corrected chi connectivity index (χ4v) is 4.02. The Hall–Kier alpha value is -3.13. The molecule has 0 aliphatic heterocycles. The number of carbonyl (C=O) groups excluding carboxylic acids is 1. The maximum atomic E-state index is 13.2. The molecule has 0 unspecified atom stereocenters. The minimum atomic E-state index is -0.383. The number of halogens is 1. The molecule has 4 aromatic rings. The second kappa shape index (κ2) is 6.73. The summed E-state index contributed by atoms with van der Waals surface area (Å²) in [5.41, 5.74) is 9.20. The highest BCUT2D eigenvalue weighted by molar-refractivity contribution is 6.30. The van der Waals surface area contributed by atoms with Crippen LogP contribution in [0.5, 0.6) is 0 Å². The lowest BCUT2D eigenvalue weighted by molar-refractivity contribution is -0.118. The van der Waals surface area contributed by atoms with Crippen molar-refractivity contribution in [3.05, 3.63) is 63.7 Å². The molecule has 1 aliphatic rings. The molecular weight excluding hydrogens is 392 g/mol. The number of pyridine rings is 2. The highest BCUT2D eigenvalue weighted by Crippen LogP contribution is 2.36. The van der Waals surface area contributed by atoms with Crippen LogP contribution in [0.15, 0.2) is 41.6 Å². The molecule has 1 saturated carbocycles. The van der Waals surface area contributed by atoms with E-state index in [1.807, 2.05) is 21.2 Å². The average molecular weight is 411 g/mol. The first-order valence-corrected chi connectivity index (χ1v) is 9.89. The smallest absolute Gasteiger partial charge is 0.329 e. The van der Waals surface area contributed by atoms with E-state index in [0.717, 1.165) is 29.6 Å². The Morgan fingerprint density at radius 1 is 1.28 bits per heavy atom. The van der Waals surface area contributed by atoms with Gasteiger partial charge in [0.15, 0.2) is 0 Å². The summed E-state index contributed by atoms with van der Waals surface area (Å²) in [6.45, 7) is 0.286. The number of nitrogens with two attached hydrogens (primary N) is 1. The van der Waals surface area contributed by atoms with Crippen LogP contribution in [0.4, 0.5) is 0 Å². The van der Waals surface area contributed by atoms with Crippen molar-refractivity contribution in [2.24, 2.45) is 5.73 Å². The molecule has 9 heteroatoms. The zero-order chi connectivity index (χ0) is 20.1. The van der Waals surface area contributed by atoms with E-state index >= 15 is 0 Å². The van der Waals surface area contributed by atoms with E-state index < -0.39 is 0 Å². The molecule has 0 atom stereocenters. The van der Waals surface area contributed by atoms with Crippen LogP contribution >= 0.6 is 11.6 Å². The molecule has 8 nitrogen and oxygen atoms in total. The number of primary amides is 1. The summed E-state index contributed by atoms with van der Waals surface area (Å²) in [6.07, 6.45) is 7.89. The van der Waals surface area contributed by atoms with Crippen molar-refractivity contribution in [1.29, 1.82) is 0 Å². The van der Waals surface area contributed by atoms with Crippen LogP contribution in [0.25, 0.3) is 16.7 Å². The van der Waals surface area contributed by atoms with Gasteiger partial charge in [-0.25, -0.2) is 9.78 Å². The number of rotatable bonds is 6. The van der Waals surface area contributed by atoms with Crippen LogP contribution in [0.2, 0.25) is 5.02 Å². The van der Waals surface area contributed by atoms with Crippen molar-refractivity contribution in [2.45, 2.75) is 38.3 Å². The van der Waals surface area contributed by atoms with Crippen molar-refractivity contribution in [2.75, 3.05) is 0 Å². The van der Waals surface area contributed by atoms with Crippen molar-refractivity contribution in [1.82, 2.24) is 23.5 Å². The highest BCUT2D eigenvalue weighted by Gasteiger charge is 2.29. The Morgan fingerprint density at radius 2 is 2.10 bits per heavy atom. The van der Waals surface area contributed by atoms with Gasteiger partial charge in [-0.05, 0) is 31.4 Å². The maximum Gasteiger partial charge on any atom is 0.329 e. The van der Waals surface area contributed by atoms with Gasteiger partial charge in [-0.1, -0.05) is 11.6 Å². The highest BCUT2D eigenvalue weighted by atomic mass is 35.5. The van der Waals surface area contributed by atoms with Crippen LogP contribution in [-0.2, 0) is 17.8 Å². The van der Waals surface area contributed by atoms with Gasteiger partial charge in [0.25, 0.3) is 0 Å². The molecule has 1 amide bonds. The number of fused-ring (bicyclic) bond motifs is 2. The normalized spacial score (nSPS) is 14.1. The van der Waals surface area contributed by atoms with Crippen LogP contribution in [0.3, 0.4) is 0 Å². The van der Waals surface area contributed by atoms with Crippen molar-refractivity contribution in [3.8, 4) is 0 Å². The molecule has 0 bridgehead atoms. The number of hydrogen-bond acceptors (Lipinski definition) is 4. The summed E-state index contributed by atoms with van der Waals surface area (Å²) in [5, 5.41) is 0.571. The monoisotopic (exact) mass is 410 g/mol. The maximum absolute atomic E-state index is 13.2.